The Morgan fingerprint density at radius 3 is 2.25 bits per heavy atom. The normalized spacial score (nSPS) is 11.8. The summed E-state index contributed by atoms with van der Waals surface area (Å²) >= 11 is 2.48. The highest BCUT2D eigenvalue weighted by atomic mass is 79.9. The SMILES string of the molecule is Fc1cncc(C(F)(F)F)c1Br. The fourth-order valence-corrected chi connectivity index (χ4v) is 1.05. The van der Waals surface area contributed by atoms with E-state index in [0.717, 1.165) is 0 Å². The first kappa shape index (κ1) is 9.44. The van der Waals surface area contributed by atoms with Crippen LogP contribution in [0.2, 0.25) is 0 Å². The third kappa shape index (κ3) is 1.74. The summed E-state index contributed by atoms with van der Waals surface area (Å²) < 4.78 is 47.9. The van der Waals surface area contributed by atoms with E-state index in [1.165, 1.54) is 0 Å². The molecule has 1 nitrogen and oxygen atoms in total. The second-order valence-electron chi connectivity index (χ2n) is 1.98. The van der Waals surface area contributed by atoms with E-state index in [4.69, 9.17) is 0 Å². The van der Waals surface area contributed by atoms with Crippen LogP contribution in [0.4, 0.5) is 17.6 Å². The van der Waals surface area contributed by atoms with E-state index in [2.05, 4.69) is 20.9 Å². The van der Waals surface area contributed by atoms with Gasteiger partial charge < -0.3 is 0 Å². The van der Waals surface area contributed by atoms with E-state index >= 15 is 0 Å². The van der Waals surface area contributed by atoms with Crippen molar-refractivity contribution in [1.29, 1.82) is 0 Å². The number of rotatable bonds is 0. The van der Waals surface area contributed by atoms with Gasteiger partial charge in [0.25, 0.3) is 0 Å². The van der Waals surface area contributed by atoms with Crippen LogP contribution >= 0.6 is 15.9 Å². The first-order valence-corrected chi connectivity index (χ1v) is 3.58. The number of aromatic nitrogens is 1. The first-order valence-electron chi connectivity index (χ1n) is 2.79. The van der Waals surface area contributed by atoms with Crippen LogP contribution in [0.3, 0.4) is 0 Å². The molecule has 0 N–H and O–H groups in total. The van der Waals surface area contributed by atoms with Gasteiger partial charge in [-0.05, 0) is 15.9 Å². The number of halogens is 5. The number of hydrogen-bond acceptors (Lipinski definition) is 1. The Labute approximate surface area is 73.5 Å². The minimum Gasteiger partial charge on any atom is -0.261 e. The quantitative estimate of drug-likeness (QED) is 0.639. The third-order valence-electron chi connectivity index (χ3n) is 1.14. The van der Waals surface area contributed by atoms with Crippen LogP contribution in [0.5, 0.6) is 0 Å². The van der Waals surface area contributed by atoms with Gasteiger partial charge in [-0.15, -0.1) is 0 Å². The zero-order valence-electron chi connectivity index (χ0n) is 5.49. The van der Waals surface area contributed by atoms with Gasteiger partial charge in [-0.2, -0.15) is 13.2 Å². The van der Waals surface area contributed by atoms with Gasteiger partial charge in [-0.25, -0.2) is 4.39 Å². The molecule has 0 spiro atoms. The van der Waals surface area contributed by atoms with Crippen molar-refractivity contribution in [2.24, 2.45) is 0 Å². The zero-order chi connectivity index (χ0) is 9.35. The van der Waals surface area contributed by atoms with E-state index in [-0.39, 0.29) is 0 Å². The molecule has 0 bridgehead atoms. The van der Waals surface area contributed by atoms with E-state index in [0.29, 0.717) is 12.4 Å². The Hall–Kier alpha value is -0.650. The molecule has 1 aromatic rings. The zero-order valence-corrected chi connectivity index (χ0v) is 7.08. The fraction of sp³-hybridized carbons (Fsp3) is 0.167. The number of hydrogen-bond donors (Lipinski definition) is 0. The van der Waals surface area contributed by atoms with Crippen molar-refractivity contribution in [2.75, 3.05) is 0 Å². The molecule has 66 valence electrons. The second kappa shape index (κ2) is 3.01. The Morgan fingerprint density at radius 1 is 1.25 bits per heavy atom. The van der Waals surface area contributed by atoms with Crippen molar-refractivity contribution >= 4 is 15.9 Å². The van der Waals surface area contributed by atoms with Gasteiger partial charge in [0.1, 0.15) is 0 Å². The van der Waals surface area contributed by atoms with Crippen molar-refractivity contribution < 1.29 is 17.6 Å². The van der Waals surface area contributed by atoms with Gasteiger partial charge in [0, 0.05) is 6.20 Å². The molecule has 1 aromatic heterocycles. The van der Waals surface area contributed by atoms with Gasteiger partial charge in [-0.1, -0.05) is 0 Å². The molecule has 0 unspecified atom stereocenters. The first-order chi connectivity index (χ1) is 5.43. The molecule has 0 amide bonds. The summed E-state index contributed by atoms with van der Waals surface area (Å²) in [6.07, 6.45) is -3.31. The number of alkyl halides is 3. The van der Waals surface area contributed by atoms with Gasteiger partial charge in [-0.3, -0.25) is 4.98 Å². The summed E-state index contributed by atoms with van der Waals surface area (Å²) in [4.78, 5) is 3.09. The molecule has 1 heterocycles. The summed E-state index contributed by atoms with van der Waals surface area (Å²) in [6.45, 7) is 0. The van der Waals surface area contributed by atoms with E-state index in [9.17, 15) is 17.6 Å². The van der Waals surface area contributed by atoms with Crippen LogP contribution in [-0.2, 0) is 6.18 Å². The highest BCUT2D eigenvalue weighted by Crippen LogP contribution is 2.34. The number of nitrogens with zero attached hydrogens (tertiary/aromatic N) is 1. The molecule has 0 atom stereocenters. The van der Waals surface area contributed by atoms with Crippen molar-refractivity contribution in [1.82, 2.24) is 4.98 Å². The van der Waals surface area contributed by atoms with Gasteiger partial charge >= 0.3 is 6.18 Å². The maximum Gasteiger partial charge on any atom is 0.419 e. The lowest BCUT2D eigenvalue weighted by Gasteiger charge is -2.07. The summed E-state index contributed by atoms with van der Waals surface area (Å²) in [5.74, 6) is -1.02. The minimum absolute atomic E-state index is 0.563. The van der Waals surface area contributed by atoms with E-state index < -0.39 is 22.0 Å². The van der Waals surface area contributed by atoms with Crippen LogP contribution in [0, 0.1) is 5.82 Å². The lowest BCUT2D eigenvalue weighted by Crippen LogP contribution is -2.07. The van der Waals surface area contributed by atoms with Crippen LogP contribution in [0.25, 0.3) is 0 Å². The molecular weight excluding hydrogens is 242 g/mol. The van der Waals surface area contributed by atoms with E-state index in [1.54, 1.807) is 0 Å². The summed E-state index contributed by atoms with van der Waals surface area (Å²) in [5.41, 5.74) is -1.11. The Bertz CT molecular complexity index is 296. The van der Waals surface area contributed by atoms with Crippen molar-refractivity contribution in [3.8, 4) is 0 Å². The summed E-state index contributed by atoms with van der Waals surface area (Å²) in [7, 11) is 0. The van der Waals surface area contributed by atoms with E-state index in [1.807, 2.05) is 0 Å². The Morgan fingerprint density at radius 2 is 1.83 bits per heavy atom. The van der Waals surface area contributed by atoms with Crippen LogP contribution in [0.15, 0.2) is 16.9 Å². The summed E-state index contributed by atoms with van der Waals surface area (Å²) in [6, 6.07) is 0. The highest BCUT2D eigenvalue weighted by Gasteiger charge is 2.34. The predicted molar refractivity (Wildman–Crippen MR) is 36.9 cm³/mol. The van der Waals surface area contributed by atoms with Gasteiger partial charge in [0.15, 0.2) is 5.82 Å². The van der Waals surface area contributed by atoms with Gasteiger partial charge in [0.05, 0.1) is 16.2 Å². The molecule has 0 fully saturated rings. The maximum absolute atomic E-state index is 12.5. The van der Waals surface area contributed by atoms with Crippen molar-refractivity contribution in [3.05, 3.63) is 28.2 Å². The lowest BCUT2D eigenvalue weighted by molar-refractivity contribution is -0.138. The van der Waals surface area contributed by atoms with Crippen molar-refractivity contribution in [3.63, 3.8) is 0 Å². The predicted octanol–water partition coefficient (Wildman–Crippen LogP) is 3.00. The standard InChI is InChI=1S/C6H2BrF4N/c7-5-3(6(9,10)11)1-12-2-4(5)8/h1-2H. The second-order valence-corrected chi connectivity index (χ2v) is 2.77. The third-order valence-corrected chi connectivity index (χ3v) is 1.95. The molecule has 0 aromatic carbocycles. The lowest BCUT2D eigenvalue weighted by atomic mass is 10.3. The average Bonchev–Trinajstić information content (AvgIpc) is 1.92. The maximum atomic E-state index is 12.5. The Kier molecular flexibility index (Phi) is 2.36. The Balaban J connectivity index is 3.26. The number of pyridine rings is 1. The van der Waals surface area contributed by atoms with Crippen LogP contribution in [0.1, 0.15) is 5.56 Å². The minimum atomic E-state index is -4.58. The molecule has 0 saturated carbocycles. The topological polar surface area (TPSA) is 12.9 Å². The van der Waals surface area contributed by atoms with Crippen molar-refractivity contribution in [2.45, 2.75) is 6.18 Å². The molecule has 1 rings (SSSR count). The molecule has 0 aliphatic rings. The fourth-order valence-electron chi connectivity index (χ4n) is 0.617. The summed E-state index contributed by atoms with van der Waals surface area (Å²) in [5, 5.41) is 0. The van der Waals surface area contributed by atoms with Gasteiger partial charge in [0.2, 0.25) is 0 Å². The molecule has 0 aliphatic heterocycles. The molecule has 12 heavy (non-hydrogen) atoms. The molecule has 0 aliphatic carbocycles. The molecular formula is C6H2BrF4N. The highest BCUT2D eigenvalue weighted by molar-refractivity contribution is 9.10. The van der Waals surface area contributed by atoms with Crippen LogP contribution in [-0.4, -0.2) is 4.98 Å². The van der Waals surface area contributed by atoms with Crippen LogP contribution < -0.4 is 0 Å². The molecule has 6 heteroatoms. The largest absolute Gasteiger partial charge is 0.419 e. The molecule has 0 saturated heterocycles. The monoisotopic (exact) mass is 243 g/mol. The smallest absolute Gasteiger partial charge is 0.261 e. The molecule has 0 radical (unpaired) electrons. The average molecular weight is 244 g/mol.